The molecule has 1 aromatic carbocycles. The third-order valence-corrected chi connectivity index (χ3v) is 4.83. The Labute approximate surface area is 158 Å². The topological polar surface area (TPSA) is 63.1 Å². The zero-order valence-corrected chi connectivity index (χ0v) is 15.2. The highest BCUT2D eigenvalue weighted by molar-refractivity contribution is 5.93. The number of rotatable bonds is 5. The van der Waals surface area contributed by atoms with E-state index in [0.29, 0.717) is 17.9 Å². The van der Waals surface area contributed by atoms with Crippen LogP contribution in [0.2, 0.25) is 0 Å². The number of carbonyl (C=O) groups is 1. The zero-order valence-electron chi connectivity index (χ0n) is 15.2. The Hall–Kier alpha value is -3.15. The van der Waals surface area contributed by atoms with E-state index in [1.165, 1.54) is 24.9 Å². The normalized spacial score (nSPS) is 14.1. The second kappa shape index (κ2) is 8.03. The van der Waals surface area contributed by atoms with Gasteiger partial charge in [-0.15, -0.1) is 0 Å². The van der Waals surface area contributed by atoms with Crippen LogP contribution in [0.15, 0.2) is 61.1 Å². The molecule has 0 radical (unpaired) electrons. The van der Waals surface area contributed by atoms with Gasteiger partial charge in [0.2, 0.25) is 0 Å². The second-order valence-corrected chi connectivity index (χ2v) is 6.76. The van der Waals surface area contributed by atoms with Crippen molar-refractivity contribution in [2.24, 2.45) is 0 Å². The summed E-state index contributed by atoms with van der Waals surface area (Å²) in [6.07, 6.45) is 8.92. The summed E-state index contributed by atoms with van der Waals surface area (Å²) in [5, 5.41) is 7.11. The highest BCUT2D eigenvalue weighted by Gasteiger charge is 2.12. The summed E-state index contributed by atoms with van der Waals surface area (Å²) in [6, 6.07) is 13.8. The number of carbonyl (C=O) groups excluding carboxylic acids is 1. The number of aromatic nitrogens is 3. The molecule has 2 aromatic heterocycles. The lowest BCUT2D eigenvalue weighted by Gasteiger charge is -2.29. The Morgan fingerprint density at radius 2 is 1.96 bits per heavy atom. The molecule has 1 amide bonds. The summed E-state index contributed by atoms with van der Waals surface area (Å²) < 4.78 is 1.66. The first kappa shape index (κ1) is 17.3. The summed E-state index contributed by atoms with van der Waals surface area (Å²) in [5.41, 5.74) is 2.89. The monoisotopic (exact) mass is 361 g/mol. The van der Waals surface area contributed by atoms with Crippen molar-refractivity contribution in [1.29, 1.82) is 0 Å². The molecule has 1 fully saturated rings. The molecule has 27 heavy (non-hydrogen) atoms. The number of amides is 1. The number of hydrogen-bond donors (Lipinski definition) is 1. The zero-order chi connectivity index (χ0) is 18.5. The Bertz CT molecular complexity index is 883. The first-order chi connectivity index (χ1) is 13.3. The van der Waals surface area contributed by atoms with Gasteiger partial charge in [-0.2, -0.15) is 5.10 Å². The summed E-state index contributed by atoms with van der Waals surface area (Å²) in [7, 11) is 0. The minimum absolute atomic E-state index is 0.127. The molecule has 0 spiro atoms. The van der Waals surface area contributed by atoms with Gasteiger partial charge in [-0.05, 0) is 55.2 Å². The van der Waals surface area contributed by atoms with E-state index in [1.54, 1.807) is 29.2 Å². The van der Waals surface area contributed by atoms with Crippen LogP contribution in [-0.4, -0.2) is 33.8 Å². The van der Waals surface area contributed by atoms with E-state index in [-0.39, 0.29) is 5.91 Å². The predicted octanol–water partition coefficient (Wildman–Crippen LogP) is 3.19. The maximum atomic E-state index is 12.4. The summed E-state index contributed by atoms with van der Waals surface area (Å²) in [4.78, 5) is 19.1. The van der Waals surface area contributed by atoms with Crippen molar-refractivity contribution >= 4 is 11.6 Å². The molecule has 6 heteroatoms. The van der Waals surface area contributed by atoms with Gasteiger partial charge in [0.1, 0.15) is 0 Å². The fourth-order valence-electron chi connectivity index (χ4n) is 3.36. The fraction of sp³-hybridized carbons (Fsp3) is 0.286. The van der Waals surface area contributed by atoms with Crippen LogP contribution >= 0.6 is 0 Å². The second-order valence-electron chi connectivity index (χ2n) is 6.76. The maximum Gasteiger partial charge on any atom is 0.253 e. The van der Waals surface area contributed by atoms with Crippen molar-refractivity contribution in [2.75, 3.05) is 18.0 Å². The van der Waals surface area contributed by atoms with Crippen LogP contribution in [0.5, 0.6) is 0 Å². The van der Waals surface area contributed by atoms with Crippen LogP contribution in [0.25, 0.3) is 5.82 Å². The number of pyridine rings is 1. The van der Waals surface area contributed by atoms with Crippen LogP contribution in [0.1, 0.15) is 35.2 Å². The first-order valence-electron chi connectivity index (χ1n) is 9.38. The number of piperidine rings is 1. The van der Waals surface area contributed by atoms with E-state index in [0.717, 1.165) is 18.7 Å². The van der Waals surface area contributed by atoms with Gasteiger partial charge in [0.15, 0.2) is 5.82 Å². The average molecular weight is 361 g/mol. The van der Waals surface area contributed by atoms with Gasteiger partial charge in [-0.1, -0.05) is 12.1 Å². The van der Waals surface area contributed by atoms with E-state index in [9.17, 15) is 4.79 Å². The predicted molar refractivity (Wildman–Crippen MR) is 105 cm³/mol. The Kier molecular flexibility index (Phi) is 5.14. The summed E-state index contributed by atoms with van der Waals surface area (Å²) in [5.74, 6) is 0.559. The molecule has 1 aliphatic rings. The minimum atomic E-state index is -0.127. The molecule has 138 valence electrons. The Balaban J connectivity index is 1.37. The van der Waals surface area contributed by atoms with Gasteiger partial charge in [-0.25, -0.2) is 9.67 Å². The maximum absolute atomic E-state index is 12.4. The molecule has 6 nitrogen and oxygen atoms in total. The highest BCUT2D eigenvalue weighted by atomic mass is 16.1. The van der Waals surface area contributed by atoms with E-state index in [1.807, 2.05) is 18.3 Å². The molecule has 3 heterocycles. The number of nitrogens with zero attached hydrogens (tertiary/aromatic N) is 4. The van der Waals surface area contributed by atoms with Crippen LogP contribution < -0.4 is 10.2 Å². The minimum Gasteiger partial charge on any atom is -0.372 e. The van der Waals surface area contributed by atoms with Gasteiger partial charge < -0.3 is 10.2 Å². The van der Waals surface area contributed by atoms with Crippen LogP contribution in [-0.2, 0) is 6.54 Å². The van der Waals surface area contributed by atoms with Crippen molar-refractivity contribution in [3.8, 4) is 5.82 Å². The van der Waals surface area contributed by atoms with Gasteiger partial charge >= 0.3 is 0 Å². The molecule has 1 N–H and O–H groups in total. The van der Waals surface area contributed by atoms with Crippen LogP contribution in [0.4, 0.5) is 5.69 Å². The third kappa shape index (κ3) is 4.16. The standard InChI is InChI=1S/C21H23N5O/c27-21(18-8-9-20(22-16-18)26-13-5-10-24-26)23-15-17-6-4-7-19(14-17)25-11-2-1-3-12-25/h4-10,13-14,16H,1-3,11-12,15H2,(H,23,27). The number of benzene rings is 1. The quantitative estimate of drug-likeness (QED) is 0.758. The van der Waals surface area contributed by atoms with Gasteiger partial charge in [0.25, 0.3) is 5.91 Å². The Morgan fingerprint density at radius 1 is 1.07 bits per heavy atom. The van der Waals surface area contributed by atoms with Crippen molar-refractivity contribution in [3.63, 3.8) is 0 Å². The van der Waals surface area contributed by atoms with E-state index < -0.39 is 0 Å². The van der Waals surface area contributed by atoms with Crippen LogP contribution in [0, 0.1) is 0 Å². The molecular weight excluding hydrogens is 338 g/mol. The largest absolute Gasteiger partial charge is 0.372 e. The molecule has 1 aliphatic heterocycles. The lowest BCUT2D eigenvalue weighted by molar-refractivity contribution is 0.0950. The molecule has 4 rings (SSSR count). The first-order valence-corrected chi connectivity index (χ1v) is 9.38. The molecule has 0 bridgehead atoms. The number of anilines is 1. The van der Waals surface area contributed by atoms with Crippen molar-refractivity contribution in [3.05, 3.63) is 72.2 Å². The smallest absolute Gasteiger partial charge is 0.253 e. The molecule has 0 atom stereocenters. The Morgan fingerprint density at radius 3 is 2.70 bits per heavy atom. The fourth-order valence-corrected chi connectivity index (χ4v) is 3.36. The van der Waals surface area contributed by atoms with Crippen molar-refractivity contribution in [2.45, 2.75) is 25.8 Å². The van der Waals surface area contributed by atoms with Gasteiger partial charge in [-0.3, -0.25) is 4.79 Å². The van der Waals surface area contributed by atoms with E-state index >= 15 is 0 Å². The molecule has 0 unspecified atom stereocenters. The molecule has 0 saturated carbocycles. The average Bonchev–Trinajstić information content (AvgIpc) is 3.28. The van der Waals surface area contributed by atoms with Crippen molar-refractivity contribution < 1.29 is 4.79 Å². The molecular formula is C21H23N5O. The molecule has 3 aromatic rings. The lowest BCUT2D eigenvalue weighted by Crippen LogP contribution is -2.29. The summed E-state index contributed by atoms with van der Waals surface area (Å²) >= 11 is 0. The molecule has 1 saturated heterocycles. The van der Waals surface area contributed by atoms with E-state index in [2.05, 4.69) is 38.5 Å². The van der Waals surface area contributed by atoms with Crippen LogP contribution in [0.3, 0.4) is 0 Å². The highest BCUT2D eigenvalue weighted by Crippen LogP contribution is 2.20. The van der Waals surface area contributed by atoms with Gasteiger partial charge in [0, 0.05) is 43.9 Å². The SMILES string of the molecule is O=C(NCc1cccc(N2CCCCC2)c1)c1ccc(-n2cccn2)nc1. The summed E-state index contributed by atoms with van der Waals surface area (Å²) in [6.45, 7) is 2.73. The van der Waals surface area contributed by atoms with Gasteiger partial charge in [0.05, 0.1) is 5.56 Å². The molecule has 0 aliphatic carbocycles. The van der Waals surface area contributed by atoms with Crippen molar-refractivity contribution in [1.82, 2.24) is 20.1 Å². The van der Waals surface area contributed by atoms with E-state index in [4.69, 9.17) is 0 Å². The number of hydrogen-bond acceptors (Lipinski definition) is 4. The third-order valence-electron chi connectivity index (χ3n) is 4.83. The lowest BCUT2D eigenvalue weighted by atomic mass is 10.1. The number of nitrogens with one attached hydrogen (secondary N) is 1.